The van der Waals surface area contributed by atoms with Crippen molar-refractivity contribution in [2.45, 2.75) is 12.8 Å². The summed E-state index contributed by atoms with van der Waals surface area (Å²) in [5.74, 6) is -0.729. The van der Waals surface area contributed by atoms with Gasteiger partial charge in [-0.15, -0.1) is 0 Å². The van der Waals surface area contributed by atoms with E-state index in [0.29, 0.717) is 47.3 Å². The third-order valence-corrected chi connectivity index (χ3v) is 5.24. The van der Waals surface area contributed by atoms with Crippen molar-refractivity contribution in [1.29, 1.82) is 0 Å². The normalized spacial score (nSPS) is 15.2. The summed E-state index contributed by atoms with van der Waals surface area (Å²) in [4.78, 5) is 33.0. The highest BCUT2D eigenvalue weighted by atomic mass is 32.1. The second-order valence-electron chi connectivity index (χ2n) is 6.75. The van der Waals surface area contributed by atoms with E-state index >= 15 is 0 Å². The molecule has 3 aromatic rings. The lowest BCUT2D eigenvalue weighted by atomic mass is 9.88. The number of likely N-dealkylation sites (tertiary alicyclic amines) is 1. The summed E-state index contributed by atoms with van der Waals surface area (Å²) in [5.41, 5.74) is 1.94. The number of halogens is 1. The second kappa shape index (κ2) is 7.08. The first-order valence-corrected chi connectivity index (χ1v) is 9.24. The molecule has 0 aliphatic carbocycles. The smallest absolute Gasteiger partial charge is 0.256 e. The second-order valence-corrected chi connectivity index (χ2v) is 7.16. The Morgan fingerprint density at radius 3 is 2.48 bits per heavy atom. The fourth-order valence-electron chi connectivity index (χ4n) is 3.63. The van der Waals surface area contributed by atoms with Crippen molar-refractivity contribution >= 4 is 34.9 Å². The molecule has 0 atom stereocenters. The van der Waals surface area contributed by atoms with Crippen molar-refractivity contribution in [3.05, 3.63) is 64.2 Å². The molecule has 1 aliphatic heterocycles. The van der Waals surface area contributed by atoms with Gasteiger partial charge in [-0.05, 0) is 37.2 Å². The maximum absolute atomic E-state index is 13.9. The standard InChI is InChI=1S/C20H18FN3O2S/c21-14-10-15(17-16(11-14)22-20(27)23-17)19(26)24-8-6-13(7-9-24)18(25)12-4-2-1-3-5-12/h1-5,10-11,13H,6-9H2,(H2,22,23,27). The summed E-state index contributed by atoms with van der Waals surface area (Å²) in [6.07, 6.45) is 1.20. The van der Waals surface area contributed by atoms with Crippen molar-refractivity contribution in [1.82, 2.24) is 14.9 Å². The Hall–Kier alpha value is -2.80. The summed E-state index contributed by atoms with van der Waals surface area (Å²) in [5, 5.41) is 0. The zero-order valence-electron chi connectivity index (χ0n) is 14.5. The van der Waals surface area contributed by atoms with Crippen molar-refractivity contribution in [2.75, 3.05) is 13.1 Å². The van der Waals surface area contributed by atoms with E-state index in [9.17, 15) is 14.0 Å². The summed E-state index contributed by atoms with van der Waals surface area (Å²) in [7, 11) is 0. The number of fused-ring (bicyclic) bond motifs is 1. The van der Waals surface area contributed by atoms with Gasteiger partial charge in [-0.25, -0.2) is 4.39 Å². The molecule has 1 saturated heterocycles. The van der Waals surface area contributed by atoms with Crippen LogP contribution in [0.25, 0.3) is 11.0 Å². The zero-order chi connectivity index (χ0) is 19.0. The number of carbonyl (C=O) groups is 2. The van der Waals surface area contributed by atoms with E-state index in [-0.39, 0.29) is 23.2 Å². The van der Waals surface area contributed by atoms with E-state index in [1.807, 2.05) is 30.3 Å². The lowest BCUT2D eigenvalue weighted by Crippen LogP contribution is -2.40. The van der Waals surface area contributed by atoms with Crippen LogP contribution >= 0.6 is 12.2 Å². The molecule has 0 unspecified atom stereocenters. The minimum absolute atomic E-state index is 0.0953. The van der Waals surface area contributed by atoms with Gasteiger partial charge in [0.1, 0.15) is 5.82 Å². The molecular formula is C20H18FN3O2S. The fraction of sp³-hybridized carbons (Fsp3) is 0.250. The molecule has 1 amide bonds. The Kier molecular flexibility index (Phi) is 4.61. The molecule has 0 radical (unpaired) electrons. The summed E-state index contributed by atoms with van der Waals surface area (Å²) in [6.45, 7) is 0.927. The third kappa shape index (κ3) is 3.42. The van der Waals surface area contributed by atoms with Crippen LogP contribution in [0.2, 0.25) is 0 Å². The molecule has 7 heteroatoms. The molecule has 0 saturated carbocycles. The summed E-state index contributed by atoms with van der Waals surface area (Å²) >= 11 is 5.05. The van der Waals surface area contributed by atoms with Crippen molar-refractivity contribution in [2.24, 2.45) is 5.92 Å². The van der Waals surface area contributed by atoms with E-state index < -0.39 is 5.82 Å². The largest absolute Gasteiger partial charge is 0.339 e. The van der Waals surface area contributed by atoms with Gasteiger partial charge in [0.15, 0.2) is 10.6 Å². The van der Waals surface area contributed by atoms with Gasteiger partial charge in [-0.2, -0.15) is 0 Å². The number of hydrogen-bond donors (Lipinski definition) is 2. The van der Waals surface area contributed by atoms with E-state index in [1.165, 1.54) is 12.1 Å². The number of benzene rings is 2. The number of carbonyl (C=O) groups excluding carboxylic acids is 2. The molecule has 1 aliphatic rings. The highest BCUT2D eigenvalue weighted by Crippen LogP contribution is 2.25. The van der Waals surface area contributed by atoms with Crippen molar-refractivity contribution in [3.8, 4) is 0 Å². The van der Waals surface area contributed by atoms with Gasteiger partial charge in [0.05, 0.1) is 16.6 Å². The molecule has 0 spiro atoms. The van der Waals surface area contributed by atoms with Crippen LogP contribution in [0.3, 0.4) is 0 Å². The van der Waals surface area contributed by atoms with Crippen LogP contribution in [0.1, 0.15) is 33.6 Å². The van der Waals surface area contributed by atoms with E-state index in [2.05, 4.69) is 9.97 Å². The number of ketones is 1. The van der Waals surface area contributed by atoms with Gasteiger partial charge in [0.2, 0.25) is 0 Å². The van der Waals surface area contributed by atoms with Crippen LogP contribution in [-0.4, -0.2) is 39.6 Å². The Morgan fingerprint density at radius 2 is 1.78 bits per heavy atom. The van der Waals surface area contributed by atoms with E-state index in [1.54, 1.807) is 4.90 Å². The van der Waals surface area contributed by atoms with Gasteiger partial charge in [-0.1, -0.05) is 30.3 Å². The number of amides is 1. The quantitative estimate of drug-likeness (QED) is 0.528. The number of aromatic amines is 2. The van der Waals surface area contributed by atoms with Gasteiger partial charge in [-0.3, -0.25) is 9.59 Å². The summed E-state index contributed by atoms with van der Waals surface area (Å²) < 4.78 is 14.3. The average Bonchev–Trinajstić information content (AvgIpc) is 3.07. The van der Waals surface area contributed by atoms with E-state index in [4.69, 9.17) is 12.2 Å². The Morgan fingerprint density at radius 1 is 1.07 bits per heavy atom. The van der Waals surface area contributed by atoms with Gasteiger partial charge in [0, 0.05) is 24.6 Å². The van der Waals surface area contributed by atoms with Crippen LogP contribution in [0.4, 0.5) is 4.39 Å². The molecule has 5 nitrogen and oxygen atoms in total. The van der Waals surface area contributed by atoms with Crippen LogP contribution in [0.15, 0.2) is 42.5 Å². The van der Waals surface area contributed by atoms with Gasteiger partial charge < -0.3 is 14.9 Å². The predicted molar refractivity (Wildman–Crippen MR) is 103 cm³/mol. The predicted octanol–water partition coefficient (Wildman–Crippen LogP) is 4.10. The SMILES string of the molecule is O=C(c1ccccc1)C1CCN(C(=O)c2cc(F)cc3[nH]c(=S)[nH]c23)CC1. The first-order valence-electron chi connectivity index (χ1n) is 8.83. The first kappa shape index (κ1) is 17.6. The average molecular weight is 383 g/mol. The number of hydrogen-bond acceptors (Lipinski definition) is 3. The number of H-pyrrole nitrogens is 2. The number of nitrogens with one attached hydrogen (secondary N) is 2. The van der Waals surface area contributed by atoms with Crippen molar-refractivity contribution < 1.29 is 14.0 Å². The van der Waals surface area contributed by atoms with Crippen molar-refractivity contribution in [3.63, 3.8) is 0 Å². The number of nitrogens with zero attached hydrogens (tertiary/aromatic N) is 1. The maximum Gasteiger partial charge on any atom is 0.256 e. The van der Waals surface area contributed by atoms with E-state index in [0.717, 1.165) is 0 Å². The van der Waals surface area contributed by atoms with Crippen LogP contribution in [0, 0.1) is 16.5 Å². The number of aromatic nitrogens is 2. The molecular weight excluding hydrogens is 365 g/mol. The van der Waals surface area contributed by atoms with Gasteiger partial charge >= 0.3 is 0 Å². The summed E-state index contributed by atoms with van der Waals surface area (Å²) in [6, 6.07) is 11.7. The molecule has 2 aromatic carbocycles. The number of imidazole rings is 1. The fourth-order valence-corrected chi connectivity index (χ4v) is 3.84. The third-order valence-electron chi connectivity index (χ3n) is 5.03. The topological polar surface area (TPSA) is 69.0 Å². The Labute approximate surface area is 160 Å². The van der Waals surface area contributed by atoms with Crippen LogP contribution < -0.4 is 0 Å². The minimum Gasteiger partial charge on any atom is -0.339 e. The zero-order valence-corrected chi connectivity index (χ0v) is 15.3. The van der Waals surface area contributed by atoms with Crippen LogP contribution in [-0.2, 0) is 0 Å². The molecule has 4 rings (SSSR count). The highest BCUT2D eigenvalue weighted by molar-refractivity contribution is 7.71. The minimum atomic E-state index is -0.495. The van der Waals surface area contributed by atoms with Crippen LogP contribution in [0.5, 0.6) is 0 Å². The molecule has 27 heavy (non-hydrogen) atoms. The number of rotatable bonds is 3. The number of piperidine rings is 1. The molecule has 1 aromatic heterocycles. The molecule has 2 N–H and O–H groups in total. The Balaban J connectivity index is 1.51. The monoisotopic (exact) mass is 383 g/mol. The molecule has 138 valence electrons. The van der Waals surface area contributed by atoms with Gasteiger partial charge in [0.25, 0.3) is 5.91 Å². The first-order chi connectivity index (χ1) is 13.0. The molecule has 1 fully saturated rings. The lowest BCUT2D eigenvalue weighted by molar-refractivity contribution is 0.0651. The lowest BCUT2D eigenvalue weighted by Gasteiger charge is -2.31. The molecule has 2 heterocycles. The highest BCUT2D eigenvalue weighted by Gasteiger charge is 2.29. The Bertz CT molecular complexity index is 1070. The maximum atomic E-state index is 13.9. The number of Topliss-reactive ketones (excluding diaryl/α,β-unsaturated/α-hetero) is 1. The molecule has 0 bridgehead atoms.